The van der Waals surface area contributed by atoms with Crippen molar-refractivity contribution < 1.29 is 23.4 Å². The lowest BCUT2D eigenvalue weighted by Gasteiger charge is -2.44. The highest BCUT2D eigenvalue weighted by Crippen LogP contribution is 2.44. The van der Waals surface area contributed by atoms with Gasteiger partial charge in [-0.25, -0.2) is 8.78 Å². The smallest absolute Gasteiger partial charge is 0.260 e. The van der Waals surface area contributed by atoms with E-state index in [2.05, 4.69) is 0 Å². The number of methoxy groups -OCH3 is 1. The molecule has 6 heteroatoms. The van der Waals surface area contributed by atoms with Gasteiger partial charge < -0.3 is 14.7 Å². The van der Waals surface area contributed by atoms with Crippen molar-refractivity contribution in [3.05, 3.63) is 101 Å². The van der Waals surface area contributed by atoms with Gasteiger partial charge in [-0.15, -0.1) is 0 Å². The van der Waals surface area contributed by atoms with Crippen LogP contribution < -0.4 is 4.90 Å². The number of amides is 1. The van der Waals surface area contributed by atoms with Crippen LogP contribution in [0.15, 0.2) is 72.8 Å². The van der Waals surface area contributed by atoms with Crippen molar-refractivity contribution in [1.82, 2.24) is 0 Å². The van der Waals surface area contributed by atoms with Crippen LogP contribution >= 0.6 is 0 Å². The number of nitrogens with zero attached hydrogens (tertiary/aromatic N) is 1. The molecule has 2 unspecified atom stereocenters. The number of rotatable bonds is 4. The lowest BCUT2D eigenvalue weighted by molar-refractivity contribution is -0.145. The zero-order valence-corrected chi connectivity index (χ0v) is 15.7. The van der Waals surface area contributed by atoms with E-state index in [1.54, 1.807) is 48.5 Å². The monoisotopic (exact) mass is 395 g/mol. The minimum Gasteiger partial charge on any atom is -0.377 e. The Kier molecular flexibility index (Phi) is 4.90. The van der Waals surface area contributed by atoms with Crippen molar-refractivity contribution in [3.8, 4) is 0 Å². The second kappa shape index (κ2) is 7.39. The van der Waals surface area contributed by atoms with E-state index in [-0.39, 0.29) is 6.54 Å². The highest BCUT2D eigenvalue weighted by atomic mass is 19.1. The second-order valence-corrected chi connectivity index (χ2v) is 6.97. The highest BCUT2D eigenvalue weighted by molar-refractivity contribution is 6.01. The molecule has 0 saturated heterocycles. The van der Waals surface area contributed by atoms with Gasteiger partial charge in [-0.05, 0) is 29.3 Å². The van der Waals surface area contributed by atoms with E-state index in [1.807, 2.05) is 6.07 Å². The molecule has 1 aliphatic heterocycles. The second-order valence-electron chi connectivity index (χ2n) is 6.97. The third-order valence-electron chi connectivity index (χ3n) is 5.19. The van der Waals surface area contributed by atoms with Crippen molar-refractivity contribution in [3.63, 3.8) is 0 Å². The zero-order chi connectivity index (χ0) is 20.6. The summed E-state index contributed by atoms with van der Waals surface area (Å²) in [5.41, 5.74) is 0.0546. The molecule has 0 radical (unpaired) electrons. The number of anilines is 1. The standard InChI is InChI=1S/C23H19F2NO3/c1-29-21-22(27)26(14-15-11-17(24)13-18(25)12-15)20-10-6-5-9-19(20)23(21,28)16-7-3-2-4-8-16/h2-13,21,28H,14H2,1H3. The molecule has 0 fully saturated rings. The fourth-order valence-electron chi connectivity index (χ4n) is 3.93. The molecule has 29 heavy (non-hydrogen) atoms. The third-order valence-corrected chi connectivity index (χ3v) is 5.19. The maximum absolute atomic E-state index is 13.7. The molecule has 4 nitrogen and oxygen atoms in total. The van der Waals surface area contributed by atoms with E-state index < -0.39 is 29.2 Å². The van der Waals surface area contributed by atoms with Gasteiger partial charge in [0.05, 0.1) is 12.2 Å². The van der Waals surface area contributed by atoms with Gasteiger partial charge in [0.25, 0.3) is 5.91 Å². The van der Waals surface area contributed by atoms with Crippen LogP contribution in [0.5, 0.6) is 0 Å². The van der Waals surface area contributed by atoms with Crippen LogP contribution in [0.2, 0.25) is 0 Å². The molecule has 0 saturated carbocycles. The first kappa shape index (κ1) is 19.2. The summed E-state index contributed by atoms with van der Waals surface area (Å²) in [6.45, 7) is -0.0603. The molecule has 0 spiro atoms. The van der Waals surface area contributed by atoms with Crippen molar-refractivity contribution in [2.45, 2.75) is 18.2 Å². The largest absolute Gasteiger partial charge is 0.377 e. The Balaban J connectivity index is 1.87. The first-order valence-electron chi connectivity index (χ1n) is 9.11. The van der Waals surface area contributed by atoms with Gasteiger partial charge >= 0.3 is 0 Å². The molecule has 2 atom stereocenters. The number of aliphatic hydroxyl groups is 1. The maximum Gasteiger partial charge on any atom is 0.260 e. The predicted molar refractivity (Wildman–Crippen MR) is 104 cm³/mol. The summed E-state index contributed by atoms with van der Waals surface area (Å²) in [7, 11) is 1.35. The average Bonchev–Trinajstić information content (AvgIpc) is 2.71. The Morgan fingerprint density at radius 1 is 1.00 bits per heavy atom. The van der Waals surface area contributed by atoms with Crippen LogP contribution in [0.1, 0.15) is 16.7 Å². The van der Waals surface area contributed by atoms with Crippen molar-refractivity contribution in [1.29, 1.82) is 0 Å². The van der Waals surface area contributed by atoms with Crippen molar-refractivity contribution >= 4 is 11.6 Å². The molecule has 1 N–H and O–H groups in total. The fourth-order valence-corrected chi connectivity index (χ4v) is 3.93. The first-order chi connectivity index (χ1) is 13.9. The molecule has 3 aromatic carbocycles. The van der Waals surface area contributed by atoms with Gasteiger partial charge in [0, 0.05) is 18.7 Å². The van der Waals surface area contributed by atoms with E-state index >= 15 is 0 Å². The molecule has 0 aromatic heterocycles. The van der Waals surface area contributed by atoms with Crippen molar-refractivity contribution in [2.24, 2.45) is 0 Å². The molecular formula is C23H19F2NO3. The minimum absolute atomic E-state index is 0.0603. The third kappa shape index (κ3) is 3.20. The molecule has 1 heterocycles. The molecule has 1 amide bonds. The highest BCUT2D eigenvalue weighted by Gasteiger charge is 2.52. The van der Waals surface area contributed by atoms with Crippen LogP contribution in [0.25, 0.3) is 0 Å². The van der Waals surface area contributed by atoms with E-state index in [0.29, 0.717) is 22.4 Å². The van der Waals surface area contributed by atoms with Crippen LogP contribution in [0.3, 0.4) is 0 Å². The average molecular weight is 395 g/mol. The summed E-state index contributed by atoms with van der Waals surface area (Å²) >= 11 is 0. The van der Waals surface area contributed by atoms with Gasteiger partial charge in [-0.1, -0.05) is 48.5 Å². The van der Waals surface area contributed by atoms with Crippen LogP contribution in [-0.2, 0) is 21.7 Å². The lowest BCUT2D eigenvalue weighted by Crippen LogP contribution is -2.57. The molecule has 0 aliphatic carbocycles. The zero-order valence-electron chi connectivity index (χ0n) is 15.7. The Hall–Kier alpha value is -3.09. The van der Waals surface area contributed by atoms with Crippen LogP contribution in [0, 0.1) is 11.6 Å². The Morgan fingerprint density at radius 2 is 1.62 bits per heavy atom. The summed E-state index contributed by atoms with van der Waals surface area (Å²) in [5, 5.41) is 11.7. The van der Waals surface area contributed by atoms with Crippen molar-refractivity contribution in [2.75, 3.05) is 12.0 Å². The molecular weight excluding hydrogens is 376 g/mol. The number of hydrogen-bond acceptors (Lipinski definition) is 3. The van der Waals surface area contributed by atoms with E-state index in [0.717, 1.165) is 6.07 Å². The molecule has 0 bridgehead atoms. The maximum atomic E-state index is 13.7. The summed E-state index contributed by atoms with van der Waals surface area (Å²) < 4.78 is 32.8. The topological polar surface area (TPSA) is 49.8 Å². The SMILES string of the molecule is COC1C(=O)N(Cc2cc(F)cc(F)c2)c2ccccc2C1(O)c1ccccc1. The number of carbonyl (C=O) groups excluding carboxylic acids is 1. The summed E-state index contributed by atoms with van der Waals surface area (Å²) in [5.74, 6) is -1.94. The van der Waals surface area contributed by atoms with Gasteiger partial charge in [0.15, 0.2) is 11.7 Å². The van der Waals surface area contributed by atoms with Gasteiger partial charge in [-0.3, -0.25) is 4.79 Å². The van der Waals surface area contributed by atoms with Crippen LogP contribution in [-0.4, -0.2) is 24.2 Å². The Morgan fingerprint density at radius 3 is 2.28 bits per heavy atom. The number of para-hydroxylation sites is 1. The minimum atomic E-state index is -1.70. The Labute approximate surface area is 167 Å². The number of fused-ring (bicyclic) bond motifs is 1. The molecule has 4 rings (SSSR count). The summed E-state index contributed by atoms with van der Waals surface area (Å²) in [6, 6.07) is 18.9. The first-order valence-corrected chi connectivity index (χ1v) is 9.11. The van der Waals surface area contributed by atoms with Gasteiger partial charge in [-0.2, -0.15) is 0 Å². The number of hydrogen-bond donors (Lipinski definition) is 1. The van der Waals surface area contributed by atoms with Gasteiger partial charge in [0.2, 0.25) is 0 Å². The van der Waals surface area contributed by atoms with E-state index in [9.17, 15) is 18.7 Å². The quantitative estimate of drug-likeness (QED) is 0.732. The lowest BCUT2D eigenvalue weighted by atomic mass is 9.77. The van der Waals surface area contributed by atoms with E-state index in [4.69, 9.17) is 4.74 Å². The summed E-state index contributed by atoms with van der Waals surface area (Å²) in [6.07, 6.45) is -1.22. The normalized spacial score (nSPS) is 21.2. The van der Waals surface area contributed by atoms with Crippen LogP contribution in [0.4, 0.5) is 14.5 Å². The molecule has 3 aromatic rings. The molecule has 1 aliphatic rings. The predicted octanol–water partition coefficient (Wildman–Crippen LogP) is 3.76. The number of carbonyl (C=O) groups is 1. The number of halogens is 2. The van der Waals surface area contributed by atoms with Gasteiger partial charge in [0.1, 0.15) is 11.6 Å². The Bertz CT molecular complexity index is 1040. The summed E-state index contributed by atoms with van der Waals surface area (Å²) in [4.78, 5) is 14.7. The van der Waals surface area contributed by atoms with E-state index in [1.165, 1.54) is 24.1 Å². The fraction of sp³-hybridized carbons (Fsp3) is 0.174. The number of benzene rings is 3. The number of ether oxygens (including phenoxy) is 1. The molecule has 148 valence electrons.